The summed E-state index contributed by atoms with van der Waals surface area (Å²) in [5, 5.41) is 3.50. The average molecular weight is 492 g/mol. The van der Waals surface area contributed by atoms with Gasteiger partial charge in [0, 0.05) is 12.1 Å². The third-order valence-corrected chi connectivity index (χ3v) is 5.18. The molecule has 0 saturated heterocycles. The van der Waals surface area contributed by atoms with Gasteiger partial charge in [-0.15, -0.1) is 12.4 Å². The van der Waals surface area contributed by atoms with E-state index in [1.807, 2.05) is 62.9 Å². The highest BCUT2D eigenvalue weighted by Gasteiger charge is 2.24. The van der Waals surface area contributed by atoms with Gasteiger partial charge in [0.25, 0.3) is 5.91 Å². The highest BCUT2D eigenvalue weighted by atomic mass is 35.5. The molecule has 0 saturated carbocycles. The van der Waals surface area contributed by atoms with E-state index in [4.69, 9.17) is 20.1 Å². The van der Waals surface area contributed by atoms with Gasteiger partial charge in [0.15, 0.2) is 0 Å². The zero-order chi connectivity index (χ0) is 24.2. The van der Waals surface area contributed by atoms with Crippen LogP contribution in [-0.2, 0) is 0 Å². The molecule has 2 N–H and O–H groups in total. The van der Waals surface area contributed by atoms with Gasteiger partial charge in [-0.05, 0) is 95.0 Å². The molecule has 1 amide bonds. The number of methoxy groups -OCH3 is 1. The summed E-state index contributed by atoms with van der Waals surface area (Å²) in [5.41, 5.74) is 1.46. The van der Waals surface area contributed by atoms with Gasteiger partial charge in [0.1, 0.15) is 17.2 Å². The monoisotopic (exact) mass is 491 g/mol. The number of unbranched alkanes of at least 4 members (excludes halogenated alkanes) is 2. The second-order valence-electron chi connectivity index (χ2n) is 8.37. The lowest BCUT2D eigenvalue weighted by atomic mass is 10.1. The summed E-state index contributed by atoms with van der Waals surface area (Å²) in [6, 6.07) is 13.2. The zero-order valence-corrected chi connectivity index (χ0v) is 21.6. The number of carbonyl (C=O) groups is 1. The number of halogens is 1. The van der Waals surface area contributed by atoms with Crippen LogP contribution in [0.2, 0.25) is 0 Å². The molecular formula is C26H38ClN3O4. The SMILES string of the molecule is COc1ccc(OCCCCCOc2ccc(C=NN)cc2)cc1C(=O)N(C(C)C)C(C)C.Cl. The number of carbonyl (C=O) groups excluding carboxylic acids is 1. The van der Waals surface area contributed by atoms with Crippen molar-refractivity contribution in [3.63, 3.8) is 0 Å². The van der Waals surface area contributed by atoms with E-state index < -0.39 is 0 Å². The van der Waals surface area contributed by atoms with E-state index in [0.717, 1.165) is 30.6 Å². The first kappa shape index (κ1) is 29.1. The second kappa shape index (κ2) is 15.1. The van der Waals surface area contributed by atoms with Crippen molar-refractivity contribution in [3.05, 3.63) is 53.6 Å². The van der Waals surface area contributed by atoms with Crippen LogP contribution in [0.25, 0.3) is 0 Å². The van der Waals surface area contributed by atoms with E-state index in [2.05, 4.69) is 5.10 Å². The van der Waals surface area contributed by atoms with Crippen LogP contribution in [0.3, 0.4) is 0 Å². The summed E-state index contributed by atoms with van der Waals surface area (Å²) < 4.78 is 17.1. The van der Waals surface area contributed by atoms with Gasteiger partial charge in [-0.3, -0.25) is 4.79 Å². The van der Waals surface area contributed by atoms with Crippen molar-refractivity contribution in [1.29, 1.82) is 0 Å². The molecule has 0 aliphatic heterocycles. The molecule has 8 heteroatoms. The molecule has 7 nitrogen and oxygen atoms in total. The van der Waals surface area contributed by atoms with E-state index in [1.165, 1.54) is 0 Å². The predicted molar refractivity (Wildman–Crippen MR) is 140 cm³/mol. The van der Waals surface area contributed by atoms with E-state index in [1.54, 1.807) is 25.5 Å². The number of hydrogen-bond acceptors (Lipinski definition) is 6. The molecule has 2 aromatic rings. The Labute approximate surface area is 209 Å². The largest absolute Gasteiger partial charge is 0.496 e. The van der Waals surface area contributed by atoms with Crippen LogP contribution in [0.1, 0.15) is 62.9 Å². The number of ether oxygens (including phenoxy) is 3. The van der Waals surface area contributed by atoms with Crippen molar-refractivity contribution in [2.24, 2.45) is 10.9 Å². The van der Waals surface area contributed by atoms with Gasteiger partial charge in [-0.25, -0.2) is 0 Å². The number of rotatable bonds is 13. The fourth-order valence-electron chi connectivity index (χ4n) is 3.65. The Bertz CT molecular complexity index is 893. The maximum absolute atomic E-state index is 13.1. The molecule has 0 atom stereocenters. The van der Waals surface area contributed by atoms with Crippen LogP contribution < -0.4 is 20.1 Å². The van der Waals surface area contributed by atoms with Crippen molar-refractivity contribution in [2.75, 3.05) is 20.3 Å². The lowest BCUT2D eigenvalue weighted by molar-refractivity contribution is 0.0639. The molecule has 34 heavy (non-hydrogen) atoms. The van der Waals surface area contributed by atoms with Crippen molar-refractivity contribution in [3.8, 4) is 17.2 Å². The first-order valence-corrected chi connectivity index (χ1v) is 11.5. The third kappa shape index (κ3) is 8.78. The smallest absolute Gasteiger partial charge is 0.258 e. The zero-order valence-electron chi connectivity index (χ0n) is 20.8. The Morgan fingerprint density at radius 3 is 2.03 bits per heavy atom. The van der Waals surface area contributed by atoms with E-state index in [0.29, 0.717) is 30.3 Å². The molecule has 0 fully saturated rings. The quantitative estimate of drug-likeness (QED) is 0.178. The standard InChI is InChI=1S/C26H37N3O4.ClH/c1-19(2)29(20(3)4)26(30)24-17-23(13-14-25(24)31-5)33-16-8-6-7-15-32-22-11-9-21(10-12-22)18-28-27;/h9-14,17-20H,6-8,15-16,27H2,1-5H3;1H. The molecule has 0 aromatic heterocycles. The summed E-state index contributed by atoms with van der Waals surface area (Å²) >= 11 is 0. The van der Waals surface area contributed by atoms with Crippen LogP contribution in [0.15, 0.2) is 47.6 Å². The topological polar surface area (TPSA) is 86.4 Å². The highest BCUT2D eigenvalue weighted by molar-refractivity contribution is 5.97. The molecule has 0 aliphatic carbocycles. The summed E-state index contributed by atoms with van der Waals surface area (Å²) in [6.07, 6.45) is 4.40. The molecule has 0 heterocycles. The van der Waals surface area contributed by atoms with Crippen molar-refractivity contribution in [2.45, 2.75) is 59.0 Å². The Kier molecular flexibility index (Phi) is 12.9. The molecule has 0 bridgehead atoms. The Morgan fingerprint density at radius 2 is 1.50 bits per heavy atom. The van der Waals surface area contributed by atoms with Gasteiger partial charge in [0.2, 0.25) is 0 Å². The van der Waals surface area contributed by atoms with Gasteiger partial charge < -0.3 is 25.0 Å². The molecule has 0 spiro atoms. The van der Waals surface area contributed by atoms with Gasteiger partial charge in [-0.2, -0.15) is 5.10 Å². The molecule has 2 rings (SSSR count). The van der Waals surface area contributed by atoms with Crippen molar-refractivity contribution < 1.29 is 19.0 Å². The van der Waals surface area contributed by atoms with Crippen LogP contribution in [0.5, 0.6) is 17.2 Å². The van der Waals surface area contributed by atoms with E-state index >= 15 is 0 Å². The Hall–Kier alpha value is -2.93. The molecule has 0 aliphatic rings. The minimum atomic E-state index is -0.0530. The first-order valence-electron chi connectivity index (χ1n) is 11.5. The number of hydrazone groups is 1. The fourth-order valence-corrected chi connectivity index (χ4v) is 3.65. The summed E-state index contributed by atoms with van der Waals surface area (Å²) in [4.78, 5) is 15.0. The number of amides is 1. The predicted octanol–water partition coefficient (Wildman–Crippen LogP) is 5.30. The van der Waals surface area contributed by atoms with Gasteiger partial charge >= 0.3 is 0 Å². The van der Waals surface area contributed by atoms with Crippen LogP contribution in [0.4, 0.5) is 0 Å². The van der Waals surface area contributed by atoms with E-state index in [9.17, 15) is 4.79 Å². The fraction of sp³-hybridized carbons (Fsp3) is 0.462. The van der Waals surface area contributed by atoms with E-state index in [-0.39, 0.29) is 30.4 Å². The molecule has 188 valence electrons. The minimum absolute atomic E-state index is 0. The lowest BCUT2D eigenvalue weighted by Crippen LogP contribution is -2.42. The number of nitrogens with two attached hydrogens (primary N) is 1. The number of nitrogens with zero attached hydrogens (tertiary/aromatic N) is 2. The van der Waals surface area contributed by atoms with Crippen LogP contribution in [-0.4, -0.2) is 49.4 Å². The molecule has 0 unspecified atom stereocenters. The highest BCUT2D eigenvalue weighted by Crippen LogP contribution is 2.27. The number of benzene rings is 2. The molecular weight excluding hydrogens is 454 g/mol. The van der Waals surface area contributed by atoms with Gasteiger partial charge in [-0.1, -0.05) is 0 Å². The molecule has 2 aromatic carbocycles. The van der Waals surface area contributed by atoms with Gasteiger partial charge in [0.05, 0.1) is 32.1 Å². The minimum Gasteiger partial charge on any atom is -0.496 e. The summed E-state index contributed by atoms with van der Waals surface area (Å²) in [7, 11) is 1.58. The maximum atomic E-state index is 13.1. The normalized spacial score (nSPS) is 10.9. The van der Waals surface area contributed by atoms with Crippen LogP contribution >= 0.6 is 12.4 Å². The Morgan fingerprint density at radius 1 is 0.941 bits per heavy atom. The van der Waals surface area contributed by atoms with Crippen molar-refractivity contribution in [1.82, 2.24) is 4.90 Å². The molecule has 0 radical (unpaired) electrons. The average Bonchev–Trinajstić information content (AvgIpc) is 2.79. The maximum Gasteiger partial charge on any atom is 0.258 e. The third-order valence-electron chi connectivity index (χ3n) is 5.18. The number of hydrogen-bond donors (Lipinski definition) is 1. The second-order valence-corrected chi connectivity index (χ2v) is 8.37. The summed E-state index contributed by atoms with van der Waals surface area (Å²) in [6.45, 7) is 9.28. The first-order chi connectivity index (χ1) is 15.9. The lowest BCUT2D eigenvalue weighted by Gasteiger charge is -2.31. The summed E-state index contributed by atoms with van der Waals surface area (Å²) in [5.74, 6) is 7.15. The van der Waals surface area contributed by atoms with Crippen LogP contribution in [0, 0.1) is 0 Å². The van der Waals surface area contributed by atoms with Crippen molar-refractivity contribution >= 4 is 24.5 Å². The Balaban J connectivity index is 0.00000578.